The third-order valence-electron chi connectivity index (χ3n) is 15.2. The minimum Gasteiger partial charge on any atom is -0.462 e. The predicted octanol–water partition coefficient (Wildman–Crippen LogP) is 17.9. The highest BCUT2D eigenvalue weighted by molar-refractivity contribution is 7.47. The molecule has 0 aliphatic heterocycles. The number of hydrogen-bond acceptors (Lipinski definition) is 15. The summed E-state index contributed by atoms with van der Waals surface area (Å²) < 4.78 is 68.0. The van der Waals surface area contributed by atoms with Gasteiger partial charge in [0, 0.05) is 25.7 Å². The molecule has 0 aromatic rings. The Bertz CT molecular complexity index is 1670. The molecule has 0 aliphatic rings. The Morgan fingerprint density at radius 3 is 0.905 bits per heavy atom. The molecule has 3 unspecified atom stereocenters. The van der Waals surface area contributed by atoms with Crippen LogP contribution in [-0.2, 0) is 65.4 Å². The fraction of sp³-hybridized carbons (Fsp3) is 0.938. The number of aliphatic hydroxyl groups excluding tert-OH is 1. The van der Waals surface area contributed by atoms with Gasteiger partial charge in [0.05, 0.1) is 26.4 Å². The molecule has 0 aromatic heterocycles. The first-order valence-electron chi connectivity index (χ1n) is 33.9. The normalized spacial score (nSPS) is 14.7. The summed E-state index contributed by atoms with van der Waals surface area (Å²) in [5.41, 5.74) is 0. The van der Waals surface area contributed by atoms with Crippen LogP contribution in [0.25, 0.3) is 0 Å². The quantitative estimate of drug-likeness (QED) is 0.0222. The lowest BCUT2D eigenvalue weighted by atomic mass is 9.99. The van der Waals surface area contributed by atoms with E-state index in [2.05, 4.69) is 48.5 Å². The Morgan fingerprint density at radius 1 is 0.345 bits per heavy atom. The van der Waals surface area contributed by atoms with E-state index in [9.17, 15) is 43.2 Å². The molecular formula is C65H126O17P2. The minimum absolute atomic E-state index is 0.104. The van der Waals surface area contributed by atoms with Crippen LogP contribution in [0.15, 0.2) is 0 Å². The summed E-state index contributed by atoms with van der Waals surface area (Å²) in [6.07, 6.45) is 37.5. The first-order valence-corrected chi connectivity index (χ1v) is 36.9. The number of carbonyl (C=O) groups excluding carboxylic acids is 4. The monoisotopic (exact) mass is 1240 g/mol. The van der Waals surface area contributed by atoms with Crippen LogP contribution in [-0.4, -0.2) is 96.7 Å². The van der Waals surface area contributed by atoms with E-state index in [0.717, 1.165) is 108 Å². The Balaban J connectivity index is 5.25. The molecular weight excluding hydrogens is 1110 g/mol. The lowest BCUT2D eigenvalue weighted by Crippen LogP contribution is -2.30. The number of rotatable bonds is 63. The van der Waals surface area contributed by atoms with Gasteiger partial charge in [0.1, 0.15) is 19.3 Å². The summed E-state index contributed by atoms with van der Waals surface area (Å²) in [6.45, 7) is 11.7. The zero-order valence-corrected chi connectivity index (χ0v) is 56.1. The van der Waals surface area contributed by atoms with E-state index in [1.165, 1.54) is 128 Å². The zero-order valence-electron chi connectivity index (χ0n) is 54.4. The molecule has 0 saturated heterocycles. The van der Waals surface area contributed by atoms with E-state index in [0.29, 0.717) is 25.7 Å². The fourth-order valence-electron chi connectivity index (χ4n) is 9.62. The Labute approximate surface area is 511 Å². The third kappa shape index (κ3) is 57.8. The van der Waals surface area contributed by atoms with Crippen LogP contribution in [0.1, 0.15) is 318 Å². The van der Waals surface area contributed by atoms with Gasteiger partial charge in [-0.05, 0) is 43.4 Å². The Kier molecular flexibility index (Phi) is 55.0. The van der Waals surface area contributed by atoms with Gasteiger partial charge in [-0.25, -0.2) is 9.13 Å². The molecule has 0 aromatic carbocycles. The summed E-state index contributed by atoms with van der Waals surface area (Å²) in [7, 11) is -9.89. The van der Waals surface area contributed by atoms with Crippen molar-refractivity contribution in [1.29, 1.82) is 0 Å². The lowest BCUT2D eigenvalue weighted by molar-refractivity contribution is -0.161. The first-order chi connectivity index (χ1) is 40.3. The van der Waals surface area contributed by atoms with E-state index in [1.807, 2.05) is 0 Å². The smallest absolute Gasteiger partial charge is 0.462 e. The molecule has 0 fully saturated rings. The molecule has 498 valence electrons. The summed E-state index contributed by atoms with van der Waals surface area (Å²) >= 11 is 0. The van der Waals surface area contributed by atoms with Crippen molar-refractivity contribution >= 4 is 39.5 Å². The molecule has 84 heavy (non-hydrogen) atoms. The molecule has 0 saturated carbocycles. The lowest BCUT2D eigenvalue weighted by Gasteiger charge is -2.21. The van der Waals surface area contributed by atoms with Crippen molar-refractivity contribution in [2.24, 2.45) is 17.8 Å². The van der Waals surface area contributed by atoms with Crippen molar-refractivity contribution in [3.8, 4) is 0 Å². The Morgan fingerprint density at radius 2 is 0.607 bits per heavy atom. The van der Waals surface area contributed by atoms with Crippen LogP contribution in [0.2, 0.25) is 0 Å². The molecule has 0 radical (unpaired) electrons. The second-order valence-corrected chi connectivity index (χ2v) is 27.6. The number of phosphoric ester groups is 2. The summed E-state index contributed by atoms with van der Waals surface area (Å²) in [5.74, 6) is 0.0957. The predicted molar refractivity (Wildman–Crippen MR) is 335 cm³/mol. The van der Waals surface area contributed by atoms with Crippen molar-refractivity contribution in [2.75, 3.05) is 39.6 Å². The van der Waals surface area contributed by atoms with Gasteiger partial charge < -0.3 is 33.8 Å². The van der Waals surface area contributed by atoms with E-state index in [-0.39, 0.29) is 25.7 Å². The van der Waals surface area contributed by atoms with Crippen molar-refractivity contribution in [2.45, 2.75) is 336 Å². The van der Waals surface area contributed by atoms with Crippen LogP contribution < -0.4 is 0 Å². The number of carbonyl (C=O) groups is 4. The van der Waals surface area contributed by atoms with E-state index in [4.69, 9.17) is 37.0 Å². The number of ether oxygens (including phenoxy) is 4. The number of aliphatic hydroxyl groups is 1. The highest BCUT2D eigenvalue weighted by Gasteiger charge is 2.30. The molecule has 0 aliphatic carbocycles. The van der Waals surface area contributed by atoms with E-state index < -0.39 is 97.5 Å². The second-order valence-electron chi connectivity index (χ2n) is 24.7. The van der Waals surface area contributed by atoms with Gasteiger partial charge in [0.2, 0.25) is 0 Å². The summed E-state index contributed by atoms with van der Waals surface area (Å²) in [5, 5.41) is 10.5. The molecule has 17 nitrogen and oxygen atoms in total. The molecule has 19 heteroatoms. The minimum atomic E-state index is -4.95. The maximum Gasteiger partial charge on any atom is 0.472 e. The standard InChI is InChI=1S/C65H126O17P2/c1-8-10-11-12-13-15-25-32-39-46-62(67)75-52-61(82-65(70)49-42-35-28-20-18-23-30-37-44-57(5)6)55-80-84(73,74)78-51-59(66)50-77-83(71,72)79-54-60(81-64(69)48-41-34-27-17-14-16-22-29-36-43-56(3)4)53-76-63(68)47-40-33-26-21-19-24-31-38-45-58(7)9-2/h56-61,66H,8-55H2,1-7H3,(H,71,72)(H,73,74)/t58?,59-,60-,61-/m1/s1. The maximum atomic E-state index is 13.0. The van der Waals surface area contributed by atoms with Crippen LogP contribution in [0.5, 0.6) is 0 Å². The van der Waals surface area contributed by atoms with E-state index >= 15 is 0 Å². The van der Waals surface area contributed by atoms with Crippen molar-refractivity contribution in [3.05, 3.63) is 0 Å². The number of esters is 4. The van der Waals surface area contributed by atoms with Gasteiger partial charge in [0.25, 0.3) is 0 Å². The molecule has 0 rings (SSSR count). The van der Waals surface area contributed by atoms with Crippen LogP contribution in [0.4, 0.5) is 0 Å². The second kappa shape index (κ2) is 56.3. The van der Waals surface area contributed by atoms with Gasteiger partial charge in [-0.15, -0.1) is 0 Å². The summed E-state index contributed by atoms with van der Waals surface area (Å²) in [4.78, 5) is 72.2. The average Bonchev–Trinajstić information content (AvgIpc) is 3.51. The van der Waals surface area contributed by atoms with Gasteiger partial charge in [-0.1, -0.05) is 267 Å². The Hall–Kier alpha value is -1.94. The number of hydrogen-bond donors (Lipinski definition) is 3. The molecule has 6 atom stereocenters. The van der Waals surface area contributed by atoms with Crippen molar-refractivity contribution in [1.82, 2.24) is 0 Å². The van der Waals surface area contributed by atoms with Gasteiger partial charge in [0.15, 0.2) is 12.2 Å². The first kappa shape index (κ1) is 82.1. The summed E-state index contributed by atoms with van der Waals surface area (Å²) in [6, 6.07) is 0. The largest absolute Gasteiger partial charge is 0.472 e. The van der Waals surface area contributed by atoms with Crippen molar-refractivity contribution in [3.63, 3.8) is 0 Å². The van der Waals surface area contributed by atoms with Crippen LogP contribution in [0, 0.1) is 17.8 Å². The highest BCUT2D eigenvalue weighted by atomic mass is 31.2. The molecule has 0 bridgehead atoms. The SMILES string of the molecule is CCCCCCCCCCCC(=O)OC[C@H](COP(=O)(O)OC[C@H](O)COP(=O)(O)OC[C@@H](COC(=O)CCCCCCCCCCC(C)CC)OC(=O)CCCCCCCCCCCC(C)C)OC(=O)CCCCCCCCCCC(C)C. The van der Waals surface area contributed by atoms with Gasteiger partial charge in [-0.2, -0.15) is 0 Å². The number of phosphoric acid groups is 2. The van der Waals surface area contributed by atoms with Gasteiger partial charge in [-0.3, -0.25) is 37.3 Å². The topological polar surface area (TPSA) is 237 Å². The third-order valence-corrected chi connectivity index (χ3v) is 17.1. The molecule has 0 spiro atoms. The molecule has 3 N–H and O–H groups in total. The number of unbranched alkanes of at least 4 members (excludes halogenated alkanes) is 30. The van der Waals surface area contributed by atoms with Gasteiger partial charge >= 0.3 is 39.5 Å². The average molecular weight is 1240 g/mol. The maximum absolute atomic E-state index is 13.0. The van der Waals surface area contributed by atoms with Crippen molar-refractivity contribution < 1.29 is 80.2 Å². The van der Waals surface area contributed by atoms with Crippen LogP contribution in [0.3, 0.4) is 0 Å². The molecule has 0 heterocycles. The fourth-order valence-corrected chi connectivity index (χ4v) is 11.2. The van der Waals surface area contributed by atoms with Crippen LogP contribution >= 0.6 is 15.6 Å². The zero-order chi connectivity index (χ0) is 62.4. The highest BCUT2D eigenvalue weighted by Crippen LogP contribution is 2.45. The van der Waals surface area contributed by atoms with E-state index in [1.54, 1.807) is 0 Å². The molecule has 0 amide bonds.